The molecule has 0 aliphatic carbocycles. The maximum absolute atomic E-state index is 11.9. The van der Waals surface area contributed by atoms with Gasteiger partial charge in [0.15, 0.2) is 11.5 Å². The van der Waals surface area contributed by atoms with Gasteiger partial charge in [-0.15, -0.1) is 0 Å². The molecule has 0 bridgehead atoms. The number of rotatable bonds is 16. The van der Waals surface area contributed by atoms with E-state index in [0.29, 0.717) is 17.7 Å². The van der Waals surface area contributed by atoms with Gasteiger partial charge in [-0.1, -0.05) is 95.8 Å². The Balaban J connectivity index is 1.84. The van der Waals surface area contributed by atoms with Gasteiger partial charge in [-0.3, -0.25) is 4.55 Å². The Kier molecular flexibility index (Phi) is 11.6. The van der Waals surface area contributed by atoms with Gasteiger partial charge < -0.3 is 9.84 Å². The molecule has 2 aromatic rings. The molecule has 2 aromatic carbocycles. The summed E-state index contributed by atoms with van der Waals surface area (Å²) in [6.07, 6.45) is 15.1. The first-order chi connectivity index (χ1) is 15.4. The van der Waals surface area contributed by atoms with E-state index in [1.54, 1.807) is 24.3 Å². The second-order valence-corrected chi connectivity index (χ2v) is 9.81. The molecule has 32 heavy (non-hydrogen) atoms. The van der Waals surface area contributed by atoms with Crippen molar-refractivity contribution in [1.29, 1.82) is 0 Å². The molecule has 0 aliphatic rings. The zero-order valence-corrected chi connectivity index (χ0v) is 20.1. The first kappa shape index (κ1) is 26.2. The van der Waals surface area contributed by atoms with E-state index in [9.17, 15) is 18.1 Å². The highest BCUT2D eigenvalue weighted by Gasteiger charge is 2.20. The van der Waals surface area contributed by atoms with Crippen LogP contribution >= 0.6 is 0 Å². The van der Waals surface area contributed by atoms with Gasteiger partial charge in [-0.25, -0.2) is 0 Å². The Hall–Kier alpha value is -2.05. The van der Waals surface area contributed by atoms with Gasteiger partial charge >= 0.3 is 0 Å². The monoisotopic (exact) mass is 462 g/mol. The Morgan fingerprint density at radius 2 is 1.25 bits per heavy atom. The van der Waals surface area contributed by atoms with Crippen LogP contribution in [0.25, 0.3) is 0 Å². The maximum atomic E-state index is 11.9. The van der Waals surface area contributed by atoms with Crippen molar-refractivity contribution in [3.63, 3.8) is 0 Å². The largest absolute Gasteiger partial charge is 0.504 e. The fraction of sp³-hybridized carbons (Fsp3) is 0.538. The van der Waals surface area contributed by atoms with Gasteiger partial charge in [0.2, 0.25) is 0 Å². The SMILES string of the molecule is CCCCCCCCCCCCCCc1c(Oc2ccccc2O)cccc1S(=O)(=O)O. The lowest BCUT2D eigenvalue weighted by Gasteiger charge is -2.15. The number of phenols is 1. The number of ether oxygens (including phenoxy) is 1. The predicted molar refractivity (Wildman–Crippen MR) is 129 cm³/mol. The van der Waals surface area contributed by atoms with Crippen LogP contribution in [0.3, 0.4) is 0 Å². The van der Waals surface area contributed by atoms with Crippen molar-refractivity contribution in [3.8, 4) is 17.2 Å². The van der Waals surface area contributed by atoms with Crippen molar-refractivity contribution in [3.05, 3.63) is 48.0 Å². The van der Waals surface area contributed by atoms with Crippen LogP contribution < -0.4 is 4.74 Å². The molecule has 178 valence electrons. The number of hydrogen-bond donors (Lipinski definition) is 2. The molecular formula is C26H38O5S. The topological polar surface area (TPSA) is 83.8 Å². The van der Waals surface area contributed by atoms with Crippen LogP contribution in [0.15, 0.2) is 47.4 Å². The fourth-order valence-corrected chi connectivity index (χ4v) is 4.70. The third-order valence-corrected chi connectivity index (χ3v) is 6.67. The predicted octanol–water partition coefficient (Wildman–Crippen LogP) is 7.67. The molecule has 0 aromatic heterocycles. The lowest BCUT2D eigenvalue weighted by molar-refractivity contribution is 0.407. The number of phenolic OH excluding ortho intramolecular Hbond substituents is 1. The summed E-state index contributed by atoms with van der Waals surface area (Å²) in [6.45, 7) is 2.24. The molecule has 0 heterocycles. The molecule has 6 heteroatoms. The molecule has 0 aliphatic heterocycles. The molecule has 0 unspecified atom stereocenters. The van der Waals surface area contributed by atoms with E-state index in [-0.39, 0.29) is 16.4 Å². The first-order valence-electron chi connectivity index (χ1n) is 12.0. The summed E-state index contributed by atoms with van der Waals surface area (Å²) in [5.41, 5.74) is 0.449. The quantitative estimate of drug-likeness (QED) is 0.197. The van der Waals surface area contributed by atoms with Gasteiger partial charge in [-0.05, 0) is 37.1 Å². The van der Waals surface area contributed by atoms with Gasteiger partial charge in [0, 0.05) is 5.56 Å². The molecule has 0 saturated carbocycles. The molecule has 0 fully saturated rings. The second kappa shape index (κ2) is 14.2. The van der Waals surface area contributed by atoms with Crippen molar-refractivity contribution in [2.45, 2.75) is 95.3 Å². The van der Waals surface area contributed by atoms with Crippen LogP contribution in [-0.2, 0) is 16.5 Å². The summed E-state index contributed by atoms with van der Waals surface area (Å²) in [5, 5.41) is 9.99. The van der Waals surface area contributed by atoms with E-state index in [1.807, 2.05) is 0 Å². The summed E-state index contributed by atoms with van der Waals surface area (Å²) in [6, 6.07) is 11.1. The van der Waals surface area contributed by atoms with Crippen LogP contribution in [0, 0.1) is 0 Å². The van der Waals surface area contributed by atoms with Crippen LogP contribution in [-0.4, -0.2) is 18.1 Å². The van der Waals surface area contributed by atoms with Crippen LogP contribution in [0.1, 0.15) is 89.5 Å². The first-order valence-corrected chi connectivity index (χ1v) is 13.4. The minimum atomic E-state index is -4.37. The minimum Gasteiger partial charge on any atom is -0.504 e. The zero-order valence-electron chi connectivity index (χ0n) is 19.3. The van der Waals surface area contributed by atoms with Gasteiger partial charge in [0.25, 0.3) is 10.1 Å². The van der Waals surface area contributed by atoms with Gasteiger partial charge in [0.1, 0.15) is 10.6 Å². The van der Waals surface area contributed by atoms with Crippen LogP contribution in [0.5, 0.6) is 17.2 Å². The molecule has 2 N–H and O–H groups in total. The smallest absolute Gasteiger partial charge is 0.294 e. The summed E-state index contributed by atoms with van der Waals surface area (Å²) in [7, 11) is -4.37. The van der Waals surface area contributed by atoms with Crippen molar-refractivity contribution in [2.24, 2.45) is 0 Å². The molecule has 0 amide bonds. The Morgan fingerprint density at radius 3 is 1.81 bits per heavy atom. The van der Waals surface area contributed by atoms with E-state index in [4.69, 9.17) is 4.74 Å². The normalized spacial score (nSPS) is 11.6. The lowest BCUT2D eigenvalue weighted by atomic mass is 10.0. The van der Waals surface area contributed by atoms with Gasteiger partial charge in [0.05, 0.1) is 0 Å². The molecule has 0 atom stereocenters. The molecule has 0 spiro atoms. The third kappa shape index (κ3) is 9.21. The Morgan fingerprint density at radius 1 is 0.719 bits per heavy atom. The molecule has 0 radical (unpaired) electrons. The summed E-state index contributed by atoms with van der Waals surface area (Å²) in [5.74, 6) is 0.557. The summed E-state index contributed by atoms with van der Waals surface area (Å²) >= 11 is 0. The third-order valence-electron chi connectivity index (χ3n) is 5.73. The lowest BCUT2D eigenvalue weighted by Crippen LogP contribution is -2.05. The highest BCUT2D eigenvalue weighted by molar-refractivity contribution is 7.85. The van der Waals surface area contributed by atoms with E-state index in [1.165, 1.54) is 76.0 Å². The average molecular weight is 463 g/mol. The van der Waals surface area contributed by atoms with E-state index >= 15 is 0 Å². The minimum absolute atomic E-state index is 0.0268. The van der Waals surface area contributed by atoms with Crippen LogP contribution in [0.4, 0.5) is 0 Å². The second-order valence-electron chi connectivity index (χ2n) is 8.42. The van der Waals surface area contributed by atoms with Crippen molar-refractivity contribution < 1.29 is 22.8 Å². The molecule has 5 nitrogen and oxygen atoms in total. The molecule has 0 saturated heterocycles. The van der Waals surface area contributed by atoms with Crippen molar-refractivity contribution in [2.75, 3.05) is 0 Å². The summed E-state index contributed by atoms with van der Waals surface area (Å²) in [4.78, 5) is -0.131. The average Bonchev–Trinajstić information content (AvgIpc) is 2.76. The Bertz CT molecular complexity index is 908. The van der Waals surface area contributed by atoms with Gasteiger partial charge in [-0.2, -0.15) is 8.42 Å². The standard InChI is InChI=1S/C26H38O5S/c1-2-3-4-5-6-7-8-9-10-11-12-13-17-22-24(20-16-21-26(22)32(28,29)30)31-25-19-15-14-18-23(25)27/h14-16,18-21,27H,2-13,17H2,1H3,(H,28,29,30). The van der Waals surface area contributed by atoms with E-state index < -0.39 is 10.1 Å². The Labute approximate surface area is 193 Å². The number of aromatic hydroxyl groups is 1. The number of para-hydroxylation sites is 2. The summed E-state index contributed by atoms with van der Waals surface area (Å²) < 4.78 is 39.3. The van der Waals surface area contributed by atoms with Crippen molar-refractivity contribution >= 4 is 10.1 Å². The molecular weight excluding hydrogens is 424 g/mol. The number of unbranched alkanes of at least 4 members (excludes halogenated alkanes) is 11. The number of hydrogen-bond acceptors (Lipinski definition) is 4. The zero-order chi connectivity index (χ0) is 23.2. The molecule has 2 rings (SSSR count). The van der Waals surface area contributed by atoms with E-state index in [2.05, 4.69) is 6.92 Å². The highest BCUT2D eigenvalue weighted by atomic mass is 32.2. The van der Waals surface area contributed by atoms with E-state index in [0.717, 1.165) is 19.3 Å². The maximum Gasteiger partial charge on any atom is 0.294 e. The highest BCUT2D eigenvalue weighted by Crippen LogP contribution is 2.35. The number of benzene rings is 2. The van der Waals surface area contributed by atoms with Crippen molar-refractivity contribution in [1.82, 2.24) is 0 Å². The fourth-order valence-electron chi connectivity index (χ4n) is 3.93. The van der Waals surface area contributed by atoms with Crippen LogP contribution in [0.2, 0.25) is 0 Å².